The lowest BCUT2D eigenvalue weighted by Crippen LogP contribution is -2.44. The molecule has 0 aliphatic heterocycles. The monoisotopic (exact) mass is 240 g/mol. The minimum atomic E-state index is -4.92. The highest BCUT2D eigenvalue weighted by Crippen LogP contribution is 2.31. The van der Waals surface area contributed by atoms with Crippen LogP contribution in [0, 0.1) is 0 Å². The van der Waals surface area contributed by atoms with E-state index in [0.29, 0.717) is 0 Å². The van der Waals surface area contributed by atoms with E-state index in [1.807, 2.05) is 0 Å². The van der Waals surface area contributed by atoms with Crippen molar-refractivity contribution in [2.24, 2.45) is 0 Å². The van der Waals surface area contributed by atoms with Crippen LogP contribution in [0.15, 0.2) is 24.3 Å². The van der Waals surface area contributed by atoms with Crippen molar-refractivity contribution in [2.75, 3.05) is 0 Å². The van der Waals surface area contributed by atoms with Crippen molar-refractivity contribution in [3.8, 4) is 0 Å². The molecule has 1 rings (SSSR count). The van der Waals surface area contributed by atoms with Gasteiger partial charge < -0.3 is 0 Å². The summed E-state index contributed by atoms with van der Waals surface area (Å²) >= 11 is 0. The second-order valence-electron chi connectivity index (χ2n) is 2.75. The summed E-state index contributed by atoms with van der Waals surface area (Å²) in [6, 6.07) is 0. The van der Waals surface area contributed by atoms with Crippen molar-refractivity contribution >= 4 is 20.2 Å². The molecule has 0 bridgehead atoms. The summed E-state index contributed by atoms with van der Waals surface area (Å²) in [4.78, 5) is 0. The summed E-state index contributed by atoms with van der Waals surface area (Å²) < 4.78 is 58.4. The Morgan fingerprint density at radius 2 is 1.50 bits per heavy atom. The molecule has 1 aliphatic carbocycles. The van der Waals surface area contributed by atoms with Gasteiger partial charge >= 0.3 is 0 Å². The average Bonchev–Trinajstić information content (AvgIpc) is 2.02. The van der Waals surface area contributed by atoms with Crippen LogP contribution in [-0.2, 0) is 20.2 Å². The fourth-order valence-corrected chi connectivity index (χ4v) is 3.28. The lowest BCUT2D eigenvalue weighted by atomic mass is 10.2. The zero-order valence-electron chi connectivity index (χ0n) is 6.86. The zero-order chi connectivity index (χ0) is 11.0. The highest BCUT2D eigenvalue weighted by atomic mass is 32.3. The van der Waals surface area contributed by atoms with Crippen molar-refractivity contribution in [2.45, 2.75) is 10.5 Å². The molecular weight excluding hydrogens is 232 g/mol. The van der Waals surface area contributed by atoms with E-state index in [-0.39, 0.29) is 0 Å². The lowest BCUT2D eigenvalue weighted by molar-refractivity contribution is 0.437. The molecule has 0 aromatic rings. The maximum Gasteiger partial charge on any atom is 0.291 e. The number of allylic oxidation sites excluding steroid dienone is 3. The largest absolute Gasteiger partial charge is 0.291 e. The topological polar surface area (TPSA) is 109 Å². The summed E-state index contributed by atoms with van der Waals surface area (Å²) in [5.74, 6) is 0. The molecule has 0 heterocycles. The smallest absolute Gasteiger partial charge is 0.284 e. The summed E-state index contributed by atoms with van der Waals surface area (Å²) in [6.07, 6.45) is 3.99. The van der Waals surface area contributed by atoms with Crippen molar-refractivity contribution < 1.29 is 25.9 Å². The van der Waals surface area contributed by atoms with E-state index in [2.05, 4.69) is 0 Å². The molecule has 80 valence electrons. The van der Waals surface area contributed by atoms with Crippen LogP contribution in [0.2, 0.25) is 0 Å². The Labute approximate surface area is 81.4 Å². The van der Waals surface area contributed by atoms with E-state index in [9.17, 15) is 16.8 Å². The first-order valence-corrected chi connectivity index (χ1v) is 6.37. The minimum absolute atomic E-state index is 0.513. The zero-order valence-corrected chi connectivity index (χ0v) is 8.49. The van der Waals surface area contributed by atoms with E-state index in [1.54, 1.807) is 0 Å². The van der Waals surface area contributed by atoms with Crippen molar-refractivity contribution in [3.63, 3.8) is 0 Å². The standard InChI is InChI=1S/C6H8O6S2/c7-13(8,9)6(14(10,11)12)4-2-1-3-5-6/h1-4H,5H2,(H,7,8,9)(H,10,11,12). The molecule has 0 fully saturated rings. The van der Waals surface area contributed by atoms with Gasteiger partial charge in [-0.25, -0.2) is 0 Å². The fraction of sp³-hybridized carbons (Fsp3) is 0.333. The Bertz CT molecular complexity index is 448. The normalized spacial score (nSPS) is 21.0. The van der Waals surface area contributed by atoms with Gasteiger partial charge in [0.15, 0.2) is 0 Å². The van der Waals surface area contributed by atoms with Gasteiger partial charge in [0.05, 0.1) is 0 Å². The van der Waals surface area contributed by atoms with Gasteiger partial charge in [-0.05, 0) is 6.08 Å². The van der Waals surface area contributed by atoms with Crippen LogP contribution in [0.1, 0.15) is 6.42 Å². The second-order valence-corrected chi connectivity index (χ2v) is 6.37. The van der Waals surface area contributed by atoms with Crippen LogP contribution >= 0.6 is 0 Å². The molecule has 6 nitrogen and oxygen atoms in total. The van der Waals surface area contributed by atoms with Gasteiger partial charge in [-0.15, -0.1) is 0 Å². The Morgan fingerprint density at radius 3 is 1.71 bits per heavy atom. The van der Waals surface area contributed by atoms with Crippen molar-refractivity contribution in [1.82, 2.24) is 0 Å². The van der Waals surface area contributed by atoms with Crippen LogP contribution in [0.25, 0.3) is 0 Å². The van der Waals surface area contributed by atoms with E-state index in [1.165, 1.54) is 12.2 Å². The van der Waals surface area contributed by atoms with Crippen LogP contribution < -0.4 is 0 Å². The number of hydrogen-bond acceptors (Lipinski definition) is 4. The molecule has 0 radical (unpaired) electrons. The third-order valence-corrected chi connectivity index (χ3v) is 5.49. The molecule has 14 heavy (non-hydrogen) atoms. The van der Waals surface area contributed by atoms with Crippen LogP contribution in [0.3, 0.4) is 0 Å². The molecule has 0 atom stereocenters. The molecule has 0 saturated heterocycles. The van der Waals surface area contributed by atoms with Gasteiger partial charge in [0.1, 0.15) is 0 Å². The first-order chi connectivity index (χ1) is 6.21. The van der Waals surface area contributed by atoms with E-state index >= 15 is 0 Å². The Morgan fingerprint density at radius 1 is 1.00 bits per heavy atom. The van der Waals surface area contributed by atoms with Gasteiger partial charge in [0, 0.05) is 6.42 Å². The summed E-state index contributed by atoms with van der Waals surface area (Å²) in [7, 11) is -9.84. The third kappa shape index (κ3) is 1.61. The van der Waals surface area contributed by atoms with E-state index in [4.69, 9.17) is 9.11 Å². The first kappa shape index (κ1) is 11.4. The van der Waals surface area contributed by atoms with Gasteiger partial charge in [-0.3, -0.25) is 9.11 Å². The number of rotatable bonds is 2. The maximum absolute atomic E-state index is 10.9. The van der Waals surface area contributed by atoms with Crippen LogP contribution in [-0.4, -0.2) is 30.0 Å². The molecule has 1 aliphatic rings. The molecule has 2 N–H and O–H groups in total. The first-order valence-electron chi connectivity index (χ1n) is 3.49. The quantitative estimate of drug-likeness (QED) is 0.656. The second kappa shape index (κ2) is 3.16. The molecule has 0 spiro atoms. The van der Waals surface area contributed by atoms with Crippen LogP contribution in [0.4, 0.5) is 0 Å². The van der Waals surface area contributed by atoms with Crippen LogP contribution in [0.5, 0.6) is 0 Å². The van der Waals surface area contributed by atoms with Crippen molar-refractivity contribution in [3.05, 3.63) is 24.3 Å². The van der Waals surface area contributed by atoms with Gasteiger partial charge in [-0.2, -0.15) is 16.8 Å². The van der Waals surface area contributed by atoms with Gasteiger partial charge in [0.2, 0.25) is 4.08 Å². The highest BCUT2D eigenvalue weighted by molar-refractivity contribution is 8.05. The van der Waals surface area contributed by atoms with E-state index in [0.717, 1.165) is 12.2 Å². The predicted molar refractivity (Wildman–Crippen MR) is 48.7 cm³/mol. The Balaban J connectivity index is 3.48. The SMILES string of the molecule is O=S(=O)(O)C1(S(=O)(=O)O)C=CC=CC1. The predicted octanol–water partition coefficient (Wildman–Crippen LogP) is -0.0256. The van der Waals surface area contributed by atoms with Gasteiger partial charge in [0.25, 0.3) is 20.2 Å². The van der Waals surface area contributed by atoms with Gasteiger partial charge in [-0.1, -0.05) is 18.2 Å². The van der Waals surface area contributed by atoms with E-state index < -0.39 is 30.7 Å². The third-order valence-electron chi connectivity index (χ3n) is 1.87. The Kier molecular flexibility index (Phi) is 2.57. The highest BCUT2D eigenvalue weighted by Gasteiger charge is 2.52. The van der Waals surface area contributed by atoms with Crippen molar-refractivity contribution in [1.29, 1.82) is 0 Å². The molecule has 8 heteroatoms. The Hall–Kier alpha value is -0.700. The minimum Gasteiger partial charge on any atom is -0.284 e. The fourth-order valence-electron chi connectivity index (χ4n) is 1.10. The molecular formula is C6H8O6S2. The summed E-state index contributed by atoms with van der Waals surface area (Å²) in [6.45, 7) is 0. The molecule has 0 unspecified atom stereocenters. The number of hydrogen-bond donors (Lipinski definition) is 2. The molecule has 0 aromatic carbocycles. The molecule has 0 aromatic heterocycles. The summed E-state index contributed by atoms with van der Waals surface area (Å²) in [5.41, 5.74) is 0. The average molecular weight is 240 g/mol. The summed E-state index contributed by atoms with van der Waals surface area (Å²) in [5, 5.41) is 0. The lowest BCUT2D eigenvalue weighted by Gasteiger charge is -2.23. The molecule has 0 saturated carbocycles. The maximum atomic E-state index is 10.9. The molecule has 0 amide bonds.